The number of rotatable bonds is 4. The third kappa shape index (κ3) is 3.68. The molecule has 0 aliphatic carbocycles. The van der Waals surface area contributed by atoms with Crippen molar-refractivity contribution >= 4 is 21.5 Å². The summed E-state index contributed by atoms with van der Waals surface area (Å²) < 4.78 is 25.8. The van der Waals surface area contributed by atoms with Gasteiger partial charge in [0.2, 0.25) is 0 Å². The smallest absolute Gasteiger partial charge is 0.179 e. The first-order valence-electron chi connectivity index (χ1n) is 8.92. The Kier molecular flexibility index (Phi) is 4.71. The van der Waals surface area contributed by atoms with Crippen molar-refractivity contribution in [1.82, 2.24) is 24.7 Å². The van der Waals surface area contributed by atoms with Crippen molar-refractivity contribution in [1.29, 1.82) is 0 Å². The number of hydrogen-bond donors (Lipinski definition) is 0. The average Bonchev–Trinajstić information content (AvgIpc) is 3.22. The van der Waals surface area contributed by atoms with Crippen LogP contribution in [0.2, 0.25) is 0 Å². The van der Waals surface area contributed by atoms with Crippen LogP contribution in [0.3, 0.4) is 0 Å². The molecule has 9 nitrogen and oxygen atoms in total. The van der Waals surface area contributed by atoms with Crippen LogP contribution in [0, 0.1) is 6.92 Å². The lowest BCUT2D eigenvalue weighted by molar-refractivity contribution is 0.597. The first kappa shape index (κ1) is 18.4. The van der Waals surface area contributed by atoms with Crippen LogP contribution in [0.15, 0.2) is 47.8 Å². The van der Waals surface area contributed by atoms with Gasteiger partial charge < -0.3 is 9.80 Å². The number of sulfone groups is 1. The molecule has 1 aliphatic rings. The topological polar surface area (TPSA) is 97.1 Å². The minimum atomic E-state index is -3.33. The second-order valence-electron chi connectivity index (χ2n) is 6.65. The molecule has 10 heteroatoms. The van der Waals surface area contributed by atoms with Gasteiger partial charge in [-0.25, -0.2) is 28.1 Å². The van der Waals surface area contributed by atoms with E-state index in [0.29, 0.717) is 37.8 Å². The van der Waals surface area contributed by atoms with E-state index >= 15 is 0 Å². The highest BCUT2D eigenvalue weighted by Gasteiger charge is 2.24. The molecule has 1 saturated heterocycles. The van der Waals surface area contributed by atoms with E-state index in [1.807, 2.05) is 30.2 Å². The maximum Gasteiger partial charge on any atom is 0.179 e. The Bertz CT molecular complexity index is 1080. The standard InChI is InChI=1S/C18H21N7O2S/c1-14-21-16(13-17(22-14)25-8-4-7-20-25)23-9-11-24(12-10-23)18-15(28(2,26)27)5-3-6-19-18/h3-8,13H,9-12H2,1-2H3. The van der Waals surface area contributed by atoms with Crippen LogP contribution in [-0.2, 0) is 9.84 Å². The number of aromatic nitrogens is 5. The minimum absolute atomic E-state index is 0.266. The van der Waals surface area contributed by atoms with E-state index in [0.717, 1.165) is 11.6 Å². The second kappa shape index (κ2) is 7.19. The third-order valence-electron chi connectivity index (χ3n) is 4.60. The Morgan fingerprint density at radius 2 is 1.68 bits per heavy atom. The van der Waals surface area contributed by atoms with Crippen molar-refractivity contribution < 1.29 is 8.42 Å². The zero-order valence-corrected chi connectivity index (χ0v) is 16.5. The van der Waals surface area contributed by atoms with Gasteiger partial charge in [-0.05, 0) is 25.1 Å². The maximum absolute atomic E-state index is 12.1. The largest absolute Gasteiger partial charge is 0.353 e. The van der Waals surface area contributed by atoms with Gasteiger partial charge in [0.05, 0.1) is 0 Å². The number of hydrogen-bond acceptors (Lipinski definition) is 8. The summed E-state index contributed by atoms with van der Waals surface area (Å²) in [7, 11) is -3.33. The van der Waals surface area contributed by atoms with Gasteiger partial charge in [-0.2, -0.15) is 5.10 Å². The number of pyridine rings is 1. The van der Waals surface area contributed by atoms with Gasteiger partial charge >= 0.3 is 0 Å². The molecular formula is C18H21N7O2S. The van der Waals surface area contributed by atoms with Gasteiger partial charge in [0, 0.05) is 57.1 Å². The molecule has 4 rings (SSSR count). The molecule has 0 spiro atoms. The molecule has 0 aromatic carbocycles. The Labute approximate surface area is 163 Å². The molecule has 28 heavy (non-hydrogen) atoms. The van der Waals surface area contributed by atoms with Crippen LogP contribution in [0.25, 0.3) is 5.82 Å². The van der Waals surface area contributed by atoms with E-state index in [9.17, 15) is 8.42 Å². The second-order valence-corrected chi connectivity index (χ2v) is 8.64. The van der Waals surface area contributed by atoms with Gasteiger partial charge in [0.25, 0.3) is 0 Å². The summed E-state index contributed by atoms with van der Waals surface area (Å²) in [5, 5.41) is 4.23. The molecule has 3 aromatic heterocycles. The Morgan fingerprint density at radius 3 is 2.36 bits per heavy atom. The minimum Gasteiger partial charge on any atom is -0.353 e. The first-order valence-corrected chi connectivity index (χ1v) is 10.8. The molecule has 0 radical (unpaired) electrons. The maximum atomic E-state index is 12.1. The van der Waals surface area contributed by atoms with Crippen LogP contribution < -0.4 is 9.80 Å². The number of nitrogens with zero attached hydrogens (tertiary/aromatic N) is 7. The highest BCUT2D eigenvalue weighted by atomic mass is 32.2. The zero-order valence-electron chi connectivity index (χ0n) is 15.7. The molecule has 0 unspecified atom stereocenters. The van der Waals surface area contributed by atoms with Crippen LogP contribution in [-0.4, -0.2) is 65.6 Å². The monoisotopic (exact) mass is 399 g/mol. The van der Waals surface area contributed by atoms with Crippen molar-refractivity contribution in [3.63, 3.8) is 0 Å². The van der Waals surface area contributed by atoms with Gasteiger partial charge in [0.1, 0.15) is 22.4 Å². The lowest BCUT2D eigenvalue weighted by atomic mass is 10.3. The Hall–Kier alpha value is -3.01. The lowest BCUT2D eigenvalue weighted by Gasteiger charge is -2.36. The molecular weight excluding hydrogens is 378 g/mol. The van der Waals surface area contributed by atoms with Gasteiger partial charge in [-0.1, -0.05) is 0 Å². The van der Waals surface area contributed by atoms with Crippen molar-refractivity contribution in [3.8, 4) is 5.82 Å². The zero-order chi connectivity index (χ0) is 19.7. The first-order chi connectivity index (χ1) is 13.4. The summed E-state index contributed by atoms with van der Waals surface area (Å²) in [4.78, 5) is 17.8. The molecule has 1 aliphatic heterocycles. The van der Waals surface area contributed by atoms with Crippen molar-refractivity contribution in [2.45, 2.75) is 11.8 Å². The van der Waals surface area contributed by atoms with Crippen LogP contribution in [0.1, 0.15) is 5.82 Å². The summed E-state index contributed by atoms with van der Waals surface area (Å²) in [6.45, 7) is 4.57. The van der Waals surface area contributed by atoms with Crippen molar-refractivity contribution in [3.05, 3.63) is 48.7 Å². The number of anilines is 2. The predicted molar refractivity (Wildman–Crippen MR) is 106 cm³/mol. The highest BCUT2D eigenvalue weighted by Crippen LogP contribution is 2.25. The molecule has 0 N–H and O–H groups in total. The summed E-state index contributed by atoms with van der Waals surface area (Å²) in [5.41, 5.74) is 0. The summed E-state index contributed by atoms with van der Waals surface area (Å²) in [6, 6.07) is 7.02. The molecule has 4 heterocycles. The van der Waals surface area contributed by atoms with E-state index in [1.54, 1.807) is 29.2 Å². The summed E-state index contributed by atoms with van der Waals surface area (Å²) in [6.07, 6.45) is 6.39. The van der Waals surface area contributed by atoms with Crippen LogP contribution >= 0.6 is 0 Å². The quantitative estimate of drug-likeness (QED) is 0.643. The molecule has 1 fully saturated rings. The van der Waals surface area contributed by atoms with E-state index in [2.05, 4.69) is 25.0 Å². The van der Waals surface area contributed by atoms with E-state index < -0.39 is 9.84 Å². The summed E-state index contributed by atoms with van der Waals surface area (Å²) in [5.74, 6) is 2.75. The van der Waals surface area contributed by atoms with E-state index in [1.165, 1.54) is 6.26 Å². The van der Waals surface area contributed by atoms with Crippen LogP contribution in [0.5, 0.6) is 0 Å². The fourth-order valence-electron chi connectivity index (χ4n) is 3.28. The Balaban J connectivity index is 1.54. The van der Waals surface area contributed by atoms with Crippen molar-refractivity contribution in [2.24, 2.45) is 0 Å². The fourth-order valence-corrected chi connectivity index (χ4v) is 4.12. The molecule has 0 bridgehead atoms. The SMILES string of the molecule is Cc1nc(N2CCN(c3ncccc3S(C)(=O)=O)CC2)cc(-n2cccn2)n1. The molecule has 146 valence electrons. The van der Waals surface area contributed by atoms with Crippen LogP contribution in [0.4, 0.5) is 11.6 Å². The van der Waals surface area contributed by atoms with Gasteiger partial charge in [0.15, 0.2) is 15.7 Å². The highest BCUT2D eigenvalue weighted by molar-refractivity contribution is 7.90. The third-order valence-corrected chi connectivity index (χ3v) is 5.72. The van der Waals surface area contributed by atoms with E-state index in [4.69, 9.17) is 0 Å². The molecule has 0 saturated carbocycles. The Morgan fingerprint density at radius 1 is 0.964 bits per heavy atom. The fraction of sp³-hybridized carbons (Fsp3) is 0.333. The summed E-state index contributed by atoms with van der Waals surface area (Å²) >= 11 is 0. The predicted octanol–water partition coefficient (Wildman–Crippen LogP) is 1.10. The lowest BCUT2D eigenvalue weighted by Crippen LogP contribution is -2.47. The molecule has 0 atom stereocenters. The average molecular weight is 399 g/mol. The molecule has 3 aromatic rings. The molecule has 0 amide bonds. The number of aryl methyl sites for hydroxylation is 1. The van der Waals surface area contributed by atoms with Crippen molar-refractivity contribution in [2.75, 3.05) is 42.2 Å². The number of piperazine rings is 1. The van der Waals surface area contributed by atoms with Gasteiger partial charge in [-0.3, -0.25) is 0 Å². The van der Waals surface area contributed by atoms with E-state index in [-0.39, 0.29) is 4.90 Å². The van der Waals surface area contributed by atoms with Gasteiger partial charge in [-0.15, -0.1) is 0 Å². The normalized spacial score (nSPS) is 15.1.